The van der Waals surface area contributed by atoms with Gasteiger partial charge in [0, 0.05) is 87.3 Å². The highest BCUT2D eigenvalue weighted by Gasteiger charge is 2.48. The number of nitrogens with zero attached hydrogens (tertiary/aromatic N) is 9. The molecule has 9 heterocycles. The quantitative estimate of drug-likeness (QED) is 0.0824. The Bertz CT molecular complexity index is 3330. The van der Waals surface area contributed by atoms with Crippen molar-refractivity contribution >= 4 is 57.0 Å². The number of carbonyl (C=O) groups excluding carboxylic acids is 4. The van der Waals surface area contributed by atoms with Crippen molar-refractivity contribution in [2.24, 2.45) is 10.8 Å². The summed E-state index contributed by atoms with van der Waals surface area (Å²) in [7, 11) is 1.57. The molecule has 1 saturated carbocycles. The zero-order valence-electron chi connectivity index (χ0n) is 48.9. The standard InChI is InChI=1S/C64H79FN10O8/c1-6-40-8-7-9-41-31-47(82-39-80-5)32-49(53(40)41)55-54(65)56-50(33-66-55)57(73-35-45-10-11-46(36-73)75(45)61(79)83-62(2,3)4)69-60(68-56)81-38-64(18-19-64)37-70-24-16-43(17-25-70)71-26-20-63(21-27-71)22-28-72(29-23-63)44-12-13-48-42(30-44)34-74(59(48)78)51-14-15-52(76)67-58(51)77/h7-9,12-13,30-33,43,45-46,51H,6,10-11,14-29,34-39H2,1-5H3,(H,67,76,77). The molecule has 13 rings (SSSR count). The van der Waals surface area contributed by atoms with Gasteiger partial charge in [0.25, 0.3) is 5.91 Å². The predicted molar refractivity (Wildman–Crippen MR) is 313 cm³/mol. The average Bonchev–Trinajstić information content (AvgIpc) is 4.05. The maximum Gasteiger partial charge on any atom is 0.410 e. The number of hydrogen-bond acceptors (Lipinski definition) is 15. The number of anilines is 2. The van der Waals surface area contributed by atoms with Gasteiger partial charge in [0.05, 0.1) is 24.1 Å². The number of imide groups is 1. The third-order valence-corrected chi connectivity index (χ3v) is 19.7. The smallest absolute Gasteiger partial charge is 0.410 e. The van der Waals surface area contributed by atoms with Gasteiger partial charge in [0.15, 0.2) is 12.6 Å². The fourth-order valence-corrected chi connectivity index (χ4v) is 14.9. The van der Waals surface area contributed by atoms with Gasteiger partial charge in [-0.2, -0.15) is 9.97 Å². The minimum atomic E-state index is -0.620. The lowest BCUT2D eigenvalue weighted by Crippen LogP contribution is -2.57. The van der Waals surface area contributed by atoms with E-state index in [1.165, 1.54) is 12.8 Å². The summed E-state index contributed by atoms with van der Waals surface area (Å²) in [5.41, 5.74) is 4.43. The van der Waals surface area contributed by atoms with Gasteiger partial charge < -0.3 is 43.4 Å². The second kappa shape index (κ2) is 22.1. The summed E-state index contributed by atoms with van der Waals surface area (Å²) < 4.78 is 41.5. The molecule has 1 N–H and O–H groups in total. The van der Waals surface area contributed by atoms with Crippen LogP contribution in [0.3, 0.4) is 0 Å². The van der Waals surface area contributed by atoms with Crippen molar-refractivity contribution in [3.8, 4) is 23.0 Å². The molecule has 8 aliphatic rings. The topological polar surface area (TPSA) is 175 Å². The van der Waals surface area contributed by atoms with E-state index in [0.717, 1.165) is 131 Å². The van der Waals surface area contributed by atoms with Crippen LogP contribution in [0.25, 0.3) is 32.9 Å². The number of hydrogen-bond donors (Lipinski definition) is 1. The maximum atomic E-state index is 17.8. The summed E-state index contributed by atoms with van der Waals surface area (Å²) in [6, 6.07) is 15.9. The average molecular weight is 1140 g/mol. The second-order valence-corrected chi connectivity index (χ2v) is 26.1. The summed E-state index contributed by atoms with van der Waals surface area (Å²) >= 11 is 0. The molecule has 5 aromatic rings. The van der Waals surface area contributed by atoms with Crippen LogP contribution in [0.4, 0.5) is 20.7 Å². The fraction of sp³-hybridized carbons (Fsp3) is 0.578. The Balaban J connectivity index is 0.658. The van der Waals surface area contributed by atoms with E-state index in [2.05, 4.69) is 50.0 Å². The fourth-order valence-electron chi connectivity index (χ4n) is 14.9. The molecule has 1 aliphatic carbocycles. The van der Waals surface area contributed by atoms with Crippen LogP contribution in [0.5, 0.6) is 11.8 Å². The van der Waals surface area contributed by atoms with Crippen molar-refractivity contribution in [1.29, 1.82) is 0 Å². The molecule has 18 nitrogen and oxygen atoms in total. The number of nitrogens with one attached hydrogen (secondary N) is 1. The molecule has 3 aromatic carbocycles. The van der Waals surface area contributed by atoms with E-state index in [1.807, 2.05) is 56.0 Å². The molecule has 7 aliphatic heterocycles. The summed E-state index contributed by atoms with van der Waals surface area (Å²) in [6.07, 6.45) is 13.5. The van der Waals surface area contributed by atoms with Crippen LogP contribution in [0.1, 0.15) is 126 Å². The van der Waals surface area contributed by atoms with Crippen LogP contribution in [-0.4, -0.2) is 168 Å². The highest BCUT2D eigenvalue weighted by Crippen LogP contribution is 2.49. The summed E-state index contributed by atoms with van der Waals surface area (Å²) in [6.45, 7) is 16.9. The lowest BCUT2D eigenvalue weighted by atomic mass is 9.71. The van der Waals surface area contributed by atoms with Gasteiger partial charge in [0.1, 0.15) is 34.4 Å². The zero-order chi connectivity index (χ0) is 57.4. The van der Waals surface area contributed by atoms with Crippen LogP contribution in [0.2, 0.25) is 0 Å². The van der Waals surface area contributed by atoms with Gasteiger partial charge >= 0.3 is 12.1 Å². The number of pyridine rings is 1. The molecule has 7 fully saturated rings. The number of carbonyl (C=O) groups is 4. The minimum absolute atomic E-state index is 0.0384. The van der Waals surface area contributed by atoms with Crippen LogP contribution in [0.15, 0.2) is 54.7 Å². The van der Waals surface area contributed by atoms with Crippen LogP contribution in [0, 0.1) is 16.6 Å². The van der Waals surface area contributed by atoms with E-state index < -0.39 is 17.5 Å². The third-order valence-electron chi connectivity index (χ3n) is 19.7. The van der Waals surface area contributed by atoms with Gasteiger partial charge in [-0.05, 0) is 182 Å². The Morgan fingerprint density at radius 2 is 1.57 bits per heavy atom. The monoisotopic (exact) mass is 1130 g/mol. The number of benzene rings is 3. The molecular weight excluding hydrogens is 1060 g/mol. The SMILES string of the molecule is CCc1cccc2cc(OCOC)cc(-c3ncc4c(N5CC6CCC(C5)N6C(=O)OC(C)(C)C)nc(OCC5(CN6CCC(N7CCC8(CCN(c9ccc%10c(c9)CN(C9CCC(=O)NC9=O)C%10=O)CC8)CC7)CC6)CC5)nc4c3F)c12. The van der Waals surface area contributed by atoms with E-state index in [4.69, 9.17) is 33.9 Å². The van der Waals surface area contributed by atoms with Gasteiger partial charge in [-0.25, -0.2) is 9.18 Å². The maximum absolute atomic E-state index is 17.8. The number of fused-ring (bicyclic) bond motifs is 5. The first kappa shape index (κ1) is 55.5. The van der Waals surface area contributed by atoms with Gasteiger partial charge in [-0.3, -0.25) is 29.6 Å². The largest absolute Gasteiger partial charge is 0.468 e. The van der Waals surface area contributed by atoms with Gasteiger partial charge in [-0.1, -0.05) is 25.1 Å². The van der Waals surface area contributed by atoms with Crippen molar-refractivity contribution in [3.05, 3.63) is 77.2 Å². The Labute approximate surface area is 485 Å². The number of rotatable bonds is 14. The summed E-state index contributed by atoms with van der Waals surface area (Å²) in [5, 5.41) is 4.71. The molecule has 1 spiro atoms. The Kier molecular flexibility index (Phi) is 14.7. The molecule has 4 amide bonds. The Hall–Kier alpha value is -6.70. The van der Waals surface area contributed by atoms with E-state index in [9.17, 15) is 19.2 Å². The molecule has 440 valence electrons. The van der Waals surface area contributed by atoms with E-state index in [0.29, 0.717) is 72.2 Å². The first-order valence-electron chi connectivity index (χ1n) is 30.5. The molecule has 2 aromatic heterocycles. The lowest BCUT2D eigenvalue weighted by molar-refractivity contribution is -0.136. The van der Waals surface area contributed by atoms with Crippen LogP contribution < -0.4 is 24.6 Å². The number of ether oxygens (including phenoxy) is 4. The lowest BCUT2D eigenvalue weighted by Gasteiger charge is -2.50. The van der Waals surface area contributed by atoms with Crippen molar-refractivity contribution < 1.29 is 42.5 Å². The van der Waals surface area contributed by atoms with Crippen molar-refractivity contribution in [2.45, 2.75) is 147 Å². The van der Waals surface area contributed by atoms with E-state index >= 15 is 4.39 Å². The van der Waals surface area contributed by atoms with E-state index in [-0.39, 0.29) is 71.7 Å². The minimum Gasteiger partial charge on any atom is -0.468 e. The van der Waals surface area contributed by atoms with E-state index in [1.54, 1.807) is 18.2 Å². The molecule has 0 radical (unpaired) electrons. The molecule has 83 heavy (non-hydrogen) atoms. The van der Waals surface area contributed by atoms with Crippen molar-refractivity contribution in [2.75, 3.05) is 89.2 Å². The number of aromatic nitrogens is 3. The molecule has 2 bridgehead atoms. The second-order valence-electron chi connectivity index (χ2n) is 26.1. The Morgan fingerprint density at radius 3 is 2.27 bits per heavy atom. The number of aryl methyl sites for hydroxylation is 1. The van der Waals surface area contributed by atoms with Crippen molar-refractivity contribution in [1.82, 2.24) is 39.9 Å². The Morgan fingerprint density at radius 1 is 0.819 bits per heavy atom. The summed E-state index contributed by atoms with van der Waals surface area (Å²) in [5.74, 6) is -0.249. The predicted octanol–water partition coefficient (Wildman–Crippen LogP) is 8.88. The molecular formula is C64H79FN10O8. The third kappa shape index (κ3) is 10.9. The molecule has 3 unspecified atom stereocenters. The zero-order valence-corrected chi connectivity index (χ0v) is 48.9. The first-order valence-corrected chi connectivity index (χ1v) is 30.5. The number of methoxy groups -OCH3 is 1. The number of piperazine rings is 1. The highest BCUT2D eigenvalue weighted by atomic mass is 19.1. The molecule has 19 heteroatoms. The summed E-state index contributed by atoms with van der Waals surface area (Å²) in [4.78, 5) is 79.7. The number of likely N-dealkylation sites (tertiary alicyclic amines) is 2. The van der Waals surface area contributed by atoms with Gasteiger partial charge in [-0.15, -0.1) is 0 Å². The number of piperidine rings is 4. The van der Waals surface area contributed by atoms with Crippen LogP contribution >= 0.6 is 0 Å². The van der Waals surface area contributed by atoms with Crippen molar-refractivity contribution in [3.63, 3.8) is 0 Å². The number of halogens is 1. The van der Waals surface area contributed by atoms with Gasteiger partial charge in [0.2, 0.25) is 11.8 Å². The van der Waals surface area contributed by atoms with Crippen LogP contribution in [-0.2, 0) is 32.0 Å². The normalized spacial score (nSPS) is 23.8. The molecule has 3 atom stereocenters. The highest BCUT2D eigenvalue weighted by molar-refractivity contribution is 6.06. The number of amides is 4. The first-order chi connectivity index (χ1) is 40.1. The molecule has 6 saturated heterocycles.